The zero-order chi connectivity index (χ0) is 21.1. The van der Waals surface area contributed by atoms with Gasteiger partial charge in [0, 0.05) is 35.7 Å². The number of hydrogen-bond acceptors (Lipinski definition) is 4. The van der Waals surface area contributed by atoms with Crippen molar-refractivity contribution in [3.05, 3.63) is 54.6 Å². The zero-order valence-corrected chi connectivity index (χ0v) is 21.4. The molecule has 5 unspecified atom stereocenters. The Hall–Kier alpha value is -1.10. The van der Waals surface area contributed by atoms with E-state index in [0.29, 0.717) is 17.8 Å². The van der Waals surface area contributed by atoms with E-state index < -0.39 is 0 Å². The summed E-state index contributed by atoms with van der Waals surface area (Å²) in [4.78, 5) is 4.57. The van der Waals surface area contributed by atoms with Crippen molar-refractivity contribution < 1.29 is 30.3 Å². The van der Waals surface area contributed by atoms with Gasteiger partial charge in [0.25, 0.3) is 0 Å². The summed E-state index contributed by atoms with van der Waals surface area (Å²) >= 11 is 1.71. The molecule has 0 amide bonds. The number of aromatic nitrogens is 1. The van der Waals surface area contributed by atoms with Gasteiger partial charge in [-0.1, -0.05) is 32.4 Å². The van der Waals surface area contributed by atoms with Crippen molar-refractivity contribution in [1.29, 1.82) is 0 Å². The second kappa shape index (κ2) is 11.2. The third-order valence-corrected chi connectivity index (χ3v) is 7.93. The van der Waals surface area contributed by atoms with Crippen LogP contribution < -0.4 is 0 Å². The van der Waals surface area contributed by atoms with Crippen LogP contribution in [0.3, 0.4) is 0 Å². The number of nitrogens with zero attached hydrogens (tertiary/aromatic N) is 1. The van der Waals surface area contributed by atoms with Crippen LogP contribution in [-0.2, 0) is 20.1 Å². The second-order valence-corrected chi connectivity index (χ2v) is 10.1. The van der Waals surface area contributed by atoms with Gasteiger partial charge in [-0.3, -0.25) is 4.98 Å². The van der Waals surface area contributed by atoms with Crippen LogP contribution in [0.5, 0.6) is 0 Å². The molecule has 31 heavy (non-hydrogen) atoms. The first-order valence-electron chi connectivity index (χ1n) is 11.2. The summed E-state index contributed by atoms with van der Waals surface area (Å²) in [5.41, 5.74) is 2.13. The standard InChI is InChI=1S/C13H8NS.C13H24O2.Ir/c1-2-6-10(7-3-1)13-14-11-8-4-5-9-12(11)15-13;1-8(2)10-5-3-4-9-6-7-11(14)12(9)13(10)15;/h1-6,8-9H;8-15H,3-7H2,1-2H3;/q-1;;. The number of aliphatic hydroxyl groups is 2. The van der Waals surface area contributed by atoms with Gasteiger partial charge in [0.2, 0.25) is 0 Å². The predicted octanol–water partition coefficient (Wildman–Crippen LogP) is 5.95. The van der Waals surface area contributed by atoms with Crippen molar-refractivity contribution in [2.45, 2.75) is 58.2 Å². The van der Waals surface area contributed by atoms with Crippen molar-refractivity contribution in [3.63, 3.8) is 0 Å². The molecule has 2 aliphatic rings. The number of benzene rings is 2. The number of fused-ring (bicyclic) bond motifs is 2. The first-order chi connectivity index (χ1) is 14.5. The van der Waals surface area contributed by atoms with Crippen molar-refractivity contribution in [1.82, 2.24) is 4.98 Å². The molecular formula is C26H32IrNO2S-. The Balaban J connectivity index is 0.000000170. The van der Waals surface area contributed by atoms with E-state index in [4.69, 9.17) is 0 Å². The van der Waals surface area contributed by atoms with Gasteiger partial charge < -0.3 is 10.2 Å². The van der Waals surface area contributed by atoms with Crippen LogP contribution in [0, 0.1) is 29.7 Å². The summed E-state index contributed by atoms with van der Waals surface area (Å²) in [6, 6.07) is 19.3. The third-order valence-electron chi connectivity index (χ3n) is 6.86. The quantitative estimate of drug-likeness (QED) is 0.351. The van der Waals surface area contributed by atoms with E-state index in [0.717, 1.165) is 35.4 Å². The van der Waals surface area contributed by atoms with E-state index in [2.05, 4.69) is 31.0 Å². The molecule has 169 valence electrons. The first-order valence-corrected chi connectivity index (χ1v) is 12.0. The van der Waals surface area contributed by atoms with Crippen molar-refractivity contribution in [3.8, 4) is 10.6 Å². The minimum Gasteiger partial charge on any atom is -0.393 e. The molecule has 0 aliphatic heterocycles. The SMILES string of the molecule is CC(C)C1CCCC2CCC(O)C2C1O.[Ir].[c-]1ccccc1-c1nc2ccccc2s1. The van der Waals surface area contributed by atoms with Crippen molar-refractivity contribution in [2.75, 3.05) is 0 Å². The molecule has 2 aromatic carbocycles. The minimum absolute atomic E-state index is 0. The maximum atomic E-state index is 10.4. The van der Waals surface area contributed by atoms with Gasteiger partial charge >= 0.3 is 0 Å². The summed E-state index contributed by atoms with van der Waals surface area (Å²) in [5, 5.41) is 21.4. The van der Waals surface area contributed by atoms with E-state index in [1.54, 1.807) is 11.3 Å². The molecule has 0 saturated heterocycles. The number of hydrogen-bond donors (Lipinski definition) is 2. The maximum Gasteiger partial charge on any atom is 0.0697 e. The van der Waals surface area contributed by atoms with E-state index in [1.165, 1.54) is 17.5 Å². The largest absolute Gasteiger partial charge is 0.393 e. The summed E-state index contributed by atoms with van der Waals surface area (Å²) < 4.78 is 1.23. The molecule has 3 aromatic rings. The topological polar surface area (TPSA) is 53.4 Å². The van der Waals surface area contributed by atoms with Crippen LogP contribution in [0.4, 0.5) is 0 Å². The Morgan fingerprint density at radius 1 is 1.00 bits per heavy atom. The fraction of sp³-hybridized carbons (Fsp3) is 0.500. The molecule has 2 fully saturated rings. The Kier molecular flexibility index (Phi) is 8.83. The average molecular weight is 615 g/mol. The molecule has 2 N–H and O–H groups in total. The Bertz CT molecular complexity index is 912. The minimum atomic E-state index is -0.269. The summed E-state index contributed by atoms with van der Waals surface area (Å²) in [6.45, 7) is 4.38. The normalized spacial score (nSPS) is 27.7. The monoisotopic (exact) mass is 615 g/mol. The Morgan fingerprint density at radius 3 is 2.48 bits per heavy atom. The summed E-state index contributed by atoms with van der Waals surface area (Å²) in [5.74, 6) is 1.68. The fourth-order valence-electron chi connectivity index (χ4n) is 5.24. The van der Waals surface area contributed by atoms with Crippen LogP contribution in [0.2, 0.25) is 0 Å². The Labute approximate surface area is 203 Å². The number of para-hydroxylation sites is 1. The average Bonchev–Trinajstić information content (AvgIpc) is 3.30. The van der Waals surface area contributed by atoms with Gasteiger partial charge in [0.1, 0.15) is 0 Å². The zero-order valence-electron chi connectivity index (χ0n) is 18.2. The van der Waals surface area contributed by atoms with Crippen LogP contribution in [-0.4, -0.2) is 27.4 Å². The molecule has 1 radical (unpaired) electrons. The van der Waals surface area contributed by atoms with E-state index >= 15 is 0 Å². The summed E-state index contributed by atoms with van der Waals surface area (Å²) in [6.07, 6.45) is 5.08. The van der Waals surface area contributed by atoms with Gasteiger partial charge in [0.05, 0.1) is 17.7 Å². The van der Waals surface area contributed by atoms with E-state index in [9.17, 15) is 10.2 Å². The van der Waals surface area contributed by atoms with E-state index in [1.807, 2.05) is 42.5 Å². The molecule has 2 saturated carbocycles. The van der Waals surface area contributed by atoms with E-state index in [-0.39, 0.29) is 38.2 Å². The molecule has 3 nitrogen and oxygen atoms in total. The molecule has 5 atom stereocenters. The molecule has 2 aliphatic carbocycles. The molecule has 1 heterocycles. The van der Waals surface area contributed by atoms with Crippen LogP contribution in [0.1, 0.15) is 46.0 Å². The van der Waals surface area contributed by atoms with Crippen LogP contribution >= 0.6 is 11.3 Å². The van der Waals surface area contributed by atoms with Gasteiger partial charge in [-0.15, -0.1) is 35.9 Å². The number of thiazole rings is 1. The molecule has 1 aromatic heterocycles. The fourth-order valence-corrected chi connectivity index (χ4v) is 6.19. The third kappa shape index (κ3) is 5.64. The van der Waals surface area contributed by atoms with Gasteiger partial charge in [-0.2, -0.15) is 11.3 Å². The Morgan fingerprint density at radius 2 is 1.77 bits per heavy atom. The molecule has 5 heteroatoms. The van der Waals surface area contributed by atoms with Crippen LogP contribution in [0.25, 0.3) is 20.8 Å². The number of rotatable bonds is 2. The van der Waals surface area contributed by atoms with Crippen LogP contribution in [0.15, 0.2) is 48.5 Å². The smallest absolute Gasteiger partial charge is 0.0697 e. The molecular weight excluding hydrogens is 583 g/mol. The number of aliphatic hydroxyl groups excluding tert-OH is 2. The van der Waals surface area contributed by atoms with Gasteiger partial charge in [-0.25, -0.2) is 0 Å². The summed E-state index contributed by atoms with van der Waals surface area (Å²) in [7, 11) is 0. The van der Waals surface area contributed by atoms with Crippen molar-refractivity contribution in [2.24, 2.45) is 23.7 Å². The first kappa shape index (κ1) is 24.5. The molecule has 0 spiro atoms. The molecule has 0 bridgehead atoms. The maximum absolute atomic E-state index is 10.4. The second-order valence-electron chi connectivity index (χ2n) is 9.07. The van der Waals surface area contributed by atoms with Gasteiger partial charge in [-0.05, 0) is 55.6 Å². The van der Waals surface area contributed by atoms with Gasteiger partial charge in [0.15, 0.2) is 0 Å². The molecule has 5 rings (SSSR count). The predicted molar refractivity (Wildman–Crippen MR) is 124 cm³/mol. The van der Waals surface area contributed by atoms with Crippen molar-refractivity contribution >= 4 is 21.6 Å².